The van der Waals surface area contributed by atoms with Crippen LogP contribution in [0.4, 0.5) is 0 Å². The molecule has 25 heavy (non-hydrogen) atoms. The molecule has 1 saturated heterocycles. The normalized spacial score (nSPS) is 23.0. The standard InChI is InChI=1S/C18H31N5O2/c1-19-18(20-8-10-24-16-6-4-3-5-7-16)23-9-11-25-17(14-23)15-12-21-22(2)13-15/h12-13,16-17H,3-11,14H2,1-2H3,(H,19,20). The molecular weight excluding hydrogens is 318 g/mol. The smallest absolute Gasteiger partial charge is 0.193 e. The molecule has 3 rings (SSSR count). The summed E-state index contributed by atoms with van der Waals surface area (Å²) < 4.78 is 13.7. The number of hydrogen-bond donors (Lipinski definition) is 1. The van der Waals surface area contributed by atoms with Crippen molar-refractivity contribution in [2.24, 2.45) is 12.0 Å². The average Bonchev–Trinajstić information content (AvgIpc) is 3.09. The first-order chi connectivity index (χ1) is 12.3. The second kappa shape index (κ2) is 9.20. The lowest BCUT2D eigenvalue weighted by atomic mass is 9.98. The van der Waals surface area contributed by atoms with Crippen LogP contribution in [0.3, 0.4) is 0 Å². The number of nitrogens with zero attached hydrogens (tertiary/aromatic N) is 4. The van der Waals surface area contributed by atoms with Crippen LogP contribution in [-0.4, -0.2) is 66.6 Å². The molecule has 7 nitrogen and oxygen atoms in total. The number of nitrogens with one attached hydrogen (secondary N) is 1. The maximum Gasteiger partial charge on any atom is 0.193 e. The van der Waals surface area contributed by atoms with Crippen LogP contribution < -0.4 is 5.32 Å². The van der Waals surface area contributed by atoms with Crippen LogP contribution >= 0.6 is 0 Å². The Balaban J connectivity index is 1.43. The van der Waals surface area contributed by atoms with Crippen molar-refractivity contribution >= 4 is 5.96 Å². The number of rotatable bonds is 5. The fraction of sp³-hybridized carbons (Fsp3) is 0.778. The largest absolute Gasteiger partial charge is 0.376 e. The molecule has 1 aliphatic carbocycles. The predicted molar refractivity (Wildman–Crippen MR) is 97.7 cm³/mol. The number of aromatic nitrogens is 2. The van der Waals surface area contributed by atoms with Gasteiger partial charge in [-0.25, -0.2) is 0 Å². The van der Waals surface area contributed by atoms with Gasteiger partial charge < -0.3 is 19.7 Å². The minimum absolute atomic E-state index is 0.0412. The van der Waals surface area contributed by atoms with Gasteiger partial charge in [-0.1, -0.05) is 19.3 Å². The highest BCUT2D eigenvalue weighted by atomic mass is 16.5. The van der Waals surface area contributed by atoms with Crippen molar-refractivity contribution in [3.8, 4) is 0 Å². The molecule has 1 N–H and O–H groups in total. The van der Waals surface area contributed by atoms with Gasteiger partial charge in [-0.05, 0) is 12.8 Å². The summed E-state index contributed by atoms with van der Waals surface area (Å²) in [5.74, 6) is 0.921. The molecule has 1 saturated carbocycles. The van der Waals surface area contributed by atoms with Crippen LogP contribution in [0, 0.1) is 0 Å². The molecular formula is C18H31N5O2. The fourth-order valence-corrected chi connectivity index (χ4v) is 3.60. The molecule has 2 heterocycles. The van der Waals surface area contributed by atoms with Crippen LogP contribution in [0.1, 0.15) is 43.8 Å². The fourth-order valence-electron chi connectivity index (χ4n) is 3.60. The van der Waals surface area contributed by atoms with Gasteiger partial charge >= 0.3 is 0 Å². The highest BCUT2D eigenvalue weighted by molar-refractivity contribution is 5.80. The van der Waals surface area contributed by atoms with E-state index in [-0.39, 0.29) is 6.10 Å². The Labute approximate surface area is 150 Å². The number of guanidine groups is 1. The van der Waals surface area contributed by atoms with Crippen LogP contribution in [0.15, 0.2) is 17.4 Å². The number of morpholine rings is 1. The Morgan fingerprint density at radius 3 is 2.96 bits per heavy atom. The van der Waals surface area contributed by atoms with Crippen molar-refractivity contribution in [2.45, 2.75) is 44.3 Å². The molecule has 0 spiro atoms. The van der Waals surface area contributed by atoms with Gasteiger partial charge in [-0.15, -0.1) is 0 Å². The molecule has 0 bridgehead atoms. The Morgan fingerprint density at radius 1 is 1.40 bits per heavy atom. The highest BCUT2D eigenvalue weighted by Crippen LogP contribution is 2.22. The quantitative estimate of drug-likeness (QED) is 0.498. The third kappa shape index (κ3) is 5.19. The molecule has 2 aliphatic rings. The average molecular weight is 349 g/mol. The molecule has 2 fully saturated rings. The zero-order valence-corrected chi connectivity index (χ0v) is 15.5. The minimum atomic E-state index is 0.0412. The van der Waals surface area contributed by atoms with Crippen molar-refractivity contribution in [3.63, 3.8) is 0 Å². The third-order valence-corrected chi connectivity index (χ3v) is 4.97. The molecule has 0 amide bonds. The van der Waals surface area contributed by atoms with E-state index in [1.54, 1.807) is 0 Å². The van der Waals surface area contributed by atoms with Gasteiger partial charge in [-0.2, -0.15) is 5.10 Å². The van der Waals surface area contributed by atoms with Crippen LogP contribution in [-0.2, 0) is 16.5 Å². The minimum Gasteiger partial charge on any atom is -0.376 e. The zero-order valence-electron chi connectivity index (χ0n) is 15.5. The molecule has 1 aromatic rings. The van der Waals surface area contributed by atoms with Gasteiger partial charge in [0.2, 0.25) is 0 Å². The van der Waals surface area contributed by atoms with E-state index >= 15 is 0 Å². The molecule has 140 valence electrons. The molecule has 7 heteroatoms. The van der Waals surface area contributed by atoms with Crippen LogP contribution in [0.2, 0.25) is 0 Å². The Hall–Kier alpha value is -1.60. The van der Waals surface area contributed by atoms with Crippen molar-refractivity contribution in [1.29, 1.82) is 0 Å². The molecule has 1 unspecified atom stereocenters. The first-order valence-electron chi connectivity index (χ1n) is 9.43. The summed E-state index contributed by atoms with van der Waals surface area (Å²) in [6, 6.07) is 0. The van der Waals surface area contributed by atoms with Crippen molar-refractivity contribution < 1.29 is 9.47 Å². The monoisotopic (exact) mass is 349 g/mol. The van der Waals surface area contributed by atoms with Gasteiger partial charge in [0, 0.05) is 38.9 Å². The Bertz CT molecular complexity index is 553. The van der Waals surface area contributed by atoms with E-state index in [0.717, 1.165) is 37.8 Å². The highest BCUT2D eigenvalue weighted by Gasteiger charge is 2.25. The van der Waals surface area contributed by atoms with Gasteiger partial charge in [-0.3, -0.25) is 9.67 Å². The topological polar surface area (TPSA) is 63.9 Å². The predicted octanol–water partition coefficient (Wildman–Crippen LogP) is 1.72. The van der Waals surface area contributed by atoms with Crippen molar-refractivity contribution in [3.05, 3.63) is 18.0 Å². The second-order valence-electron chi connectivity index (χ2n) is 6.86. The summed E-state index contributed by atoms with van der Waals surface area (Å²) in [6.45, 7) is 3.85. The van der Waals surface area contributed by atoms with E-state index < -0.39 is 0 Å². The van der Waals surface area contributed by atoms with Gasteiger partial charge in [0.05, 0.1) is 32.1 Å². The van der Waals surface area contributed by atoms with Crippen LogP contribution in [0.25, 0.3) is 0 Å². The number of hydrogen-bond acceptors (Lipinski definition) is 4. The molecule has 0 aromatic carbocycles. The summed E-state index contributed by atoms with van der Waals surface area (Å²) in [6.07, 6.45) is 10.8. The zero-order chi connectivity index (χ0) is 17.5. The van der Waals surface area contributed by atoms with E-state index in [4.69, 9.17) is 9.47 Å². The summed E-state index contributed by atoms with van der Waals surface area (Å²) in [4.78, 5) is 6.68. The van der Waals surface area contributed by atoms with Gasteiger partial charge in [0.15, 0.2) is 5.96 Å². The number of aliphatic imine (C=N–C) groups is 1. The van der Waals surface area contributed by atoms with E-state index in [0.29, 0.717) is 12.7 Å². The molecule has 0 radical (unpaired) electrons. The third-order valence-electron chi connectivity index (χ3n) is 4.97. The van der Waals surface area contributed by atoms with Gasteiger partial charge in [0.25, 0.3) is 0 Å². The second-order valence-corrected chi connectivity index (χ2v) is 6.86. The van der Waals surface area contributed by atoms with Gasteiger partial charge in [0.1, 0.15) is 6.10 Å². The van der Waals surface area contributed by atoms with Crippen LogP contribution in [0.5, 0.6) is 0 Å². The summed E-state index contributed by atoms with van der Waals surface area (Å²) in [5, 5.41) is 7.67. The SMILES string of the molecule is CN=C(NCCOC1CCCCC1)N1CCOC(c2cnn(C)c2)C1. The summed E-state index contributed by atoms with van der Waals surface area (Å²) >= 11 is 0. The lowest BCUT2D eigenvalue weighted by molar-refractivity contribution is -0.00846. The molecule has 1 aromatic heterocycles. The Morgan fingerprint density at radius 2 is 2.24 bits per heavy atom. The van der Waals surface area contributed by atoms with Crippen molar-refractivity contribution in [2.75, 3.05) is 39.9 Å². The van der Waals surface area contributed by atoms with E-state index in [1.807, 2.05) is 31.2 Å². The lowest BCUT2D eigenvalue weighted by Gasteiger charge is -2.34. The summed E-state index contributed by atoms with van der Waals surface area (Å²) in [5.41, 5.74) is 1.11. The Kier molecular flexibility index (Phi) is 6.69. The molecule has 1 atom stereocenters. The van der Waals surface area contributed by atoms with E-state index in [1.165, 1.54) is 32.1 Å². The summed E-state index contributed by atoms with van der Waals surface area (Å²) in [7, 11) is 3.76. The van der Waals surface area contributed by atoms with E-state index in [9.17, 15) is 0 Å². The lowest BCUT2D eigenvalue weighted by Crippen LogP contribution is -2.48. The number of aryl methyl sites for hydroxylation is 1. The van der Waals surface area contributed by atoms with Crippen molar-refractivity contribution in [1.82, 2.24) is 20.0 Å². The first kappa shape index (κ1) is 18.2. The first-order valence-corrected chi connectivity index (χ1v) is 9.43. The molecule has 1 aliphatic heterocycles. The number of ether oxygens (including phenoxy) is 2. The maximum absolute atomic E-state index is 5.99. The van der Waals surface area contributed by atoms with E-state index in [2.05, 4.69) is 20.3 Å². The maximum atomic E-state index is 5.99.